The van der Waals surface area contributed by atoms with Gasteiger partial charge in [-0.3, -0.25) is 4.79 Å². The Morgan fingerprint density at radius 2 is 1.77 bits per heavy atom. The number of aryl methyl sites for hydroxylation is 2. The number of carbonyl (C=O) groups excluding carboxylic acids is 1. The summed E-state index contributed by atoms with van der Waals surface area (Å²) >= 11 is 6.13. The van der Waals surface area contributed by atoms with E-state index in [0.29, 0.717) is 13.1 Å². The first-order chi connectivity index (χ1) is 12.6. The van der Waals surface area contributed by atoms with E-state index in [9.17, 15) is 4.79 Å². The third kappa shape index (κ3) is 4.50. The predicted molar refractivity (Wildman–Crippen MR) is 106 cm³/mol. The molecule has 0 atom stereocenters. The van der Waals surface area contributed by atoms with E-state index in [1.54, 1.807) is 0 Å². The van der Waals surface area contributed by atoms with Crippen molar-refractivity contribution in [3.8, 4) is 5.75 Å². The van der Waals surface area contributed by atoms with Gasteiger partial charge in [0.25, 0.3) is 5.91 Å². The summed E-state index contributed by atoms with van der Waals surface area (Å²) in [6.07, 6.45) is 0.996. The van der Waals surface area contributed by atoms with Crippen molar-refractivity contribution in [1.82, 2.24) is 4.90 Å². The number of halogens is 1. The van der Waals surface area contributed by atoms with Gasteiger partial charge in [-0.25, -0.2) is 0 Å². The SMILES string of the molecule is CCc1ccc(OCC(=O)N2CCN(c3cc(Cl)ccc3C)CC2)cc1. The van der Waals surface area contributed by atoms with Crippen LogP contribution < -0.4 is 9.64 Å². The van der Waals surface area contributed by atoms with Crippen molar-refractivity contribution < 1.29 is 9.53 Å². The largest absolute Gasteiger partial charge is 0.484 e. The lowest BCUT2D eigenvalue weighted by Crippen LogP contribution is -2.50. The van der Waals surface area contributed by atoms with Crippen LogP contribution in [0.1, 0.15) is 18.1 Å². The highest BCUT2D eigenvalue weighted by molar-refractivity contribution is 6.30. The van der Waals surface area contributed by atoms with E-state index in [4.69, 9.17) is 16.3 Å². The molecule has 1 aliphatic rings. The molecule has 0 aromatic heterocycles. The van der Waals surface area contributed by atoms with Crippen LogP contribution in [0.15, 0.2) is 42.5 Å². The third-order valence-corrected chi connectivity index (χ3v) is 5.07. The molecule has 1 aliphatic heterocycles. The highest BCUT2D eigenvalue weighted by Crippen LogP contribution is 2.25. The van der Waals surface area contributed by atoms with Crippen LogP contribution in [0.4, 0.5) is 5.69 Å². The number of ether oxygens (including phenoxy) is 1. The lowest BCUT2D eigenvalue weighted by molar-refractivity contribution is -0.133. The molecule has 1 fully saturated rings. The first-order valence-electron chi connectivity index (χ1n) is 9.07. The Morgan fingerprint density at radius 3 is 2.42 bits per heavy atom. The zero-order chi connectivity index (χ0) is 18.5. The fourth-order valence-electron chi connectivity index (χ4n) is 3.18. The molecular weight excluding hydrogens is 348 g/mol. The standard InChI is InChI=1S/C21H25ClN2O2/c1-3-17-5-8-19(9-6-17)26-15-21(25)24-12-10-23(11-13-24)20-14-18(22)7-4-16(20)2/h4-9,14H,3,10-13,15H2,1-2H3. The molecule has 1 amide bonds. The number of piperazine rings is 1. The zero-order valence-corrected chi connectivity index (χ0v) is 16.1. The normalized spacial score (nSPS) is 14.4. The molecule has 5 heteroatoms. The Morgan fingerprint density at radius 1 is 1.08 bits per heavy atom. The van der Waals surface area contributed by atoms with Crippen LogP contribution in [0.5, 0.6) is 5.75 Å². The molecule has 2 aromatic rings. The lowest BCUT2D eigenvalue weighted by atomic mass is 10.1. The fourth-order valence-corrected chi connectivity index (χ4v) is 3.34. The highest BCUT2D eigenvalue weighted by atomic mass is 35.5. The number of hydrogen-bond acceptors (Lipinski definition) is 3. The van der Waals surface area contributed by atoms with Crippen LogP contribution in [-0.2, 0) is 11.2 Å². The molecule has 1 heterocycles. The van der Waals surface area contributed by atoms with E-state index in [2.05, 4.69) is 18.7 Å². The summed E-state index contributed by atoms with van der Waals surface area (Å²) in [6.45, 7) is 7.29. The quantitative estimate of drug-likeness (QED) is 0.797. The second-order valence-corrected chi connectivity index (χ2v) is 7.02. The number of rotatable bonds is 5. The van der Waals surface area contributed by atoms with E-state index < -0.39 is 0 Å². The van der Waals surface area contributed by atoms with Gasteiger partial charge in [0.1, 0.15) is 5.75 Å². The molecule has 1 saturated heterocycles. The average Bonchev–Trinajstić information content (AvgIpc) is 2.68. The fraction of sp³-hybridized carbons (Fsp3) is 0.381. The maximum absolute atomic E-state index is 12.4. The van der Waals surface area contributed by atoms with Gasteiger partial charge in [0.05, 0.1) is 0 Å². The van der Waals surface area contributed by atoms with Crippen LogP contribution in [0.2, 0.25) is 5.02 Å². The Labute approximate surface area is 160 Å². The van der Waals surface area contributed by atoms with Gasteiger partial charge in [-0.15, -0.1) is 0 Å². The summed E-state index contributed by atoms with van der Waals surface area (Å²) < 4.78 is 5.64. The van der Waals surface area contributed by atoms with E-state index in [-0.39, 0.29) is 12.5 Å². The zero-order valence-electron chi connectivity index (χ0n) is 15.4. The first kappa shape index (κ1) is 18.6. The Bertz CT molecular complexity index is 753. The van der Waals surface area contributed by atoms with Gasteiger partial charge in [-0.2, -0.15) is 0 Å². The number of hydrogen-bond donors (Lipinski definition) is 0. The van der Waals surface area contributed by atoms with Gasteiger partial charge >= 0.3 is 0 Å². The average molecular weight is 373 g/mol. The van der Waals surface area contributed by atoms with Crippen LogP contribution in [0.3, 0.4) is 0 Å². The van der Waals surface area contributed by atoms with Crippen LogP contribution in [0.25, 0.3) is 0 Å². The Hall–Kier alpha value is -2.20. The van der Waals surface area contributed by atoms with Crippen molar-refractivity contribution in [2.45, 2.75) is 20.3 Å². The maximum atomic E-state index is 12.4. The van der Waals surface area contributed by atoms with E-state index in [1.165, 1.54) is 11.1 Å². The van der Waals surface area contributed by atoms with Crippen molar-refractivity contribution in [1.29, 1.82) is 0 Å². The minimum atomic E-state index is 0.0343. The molecule has 2 aromatic carbocycles. The molecule has 0 spiro atoms. The number of benzene rings is 2. The second-order valence-electron chi connectivity index (χ2n) is 6.58. The van der Waals surface area contributed by atoms with Gasteiger partial charge in [0.2, 0.25) is 0 Å². The summed E-state index contributed by atoms with van der Waals surface area (Å²) in [5, 5.41) is 0.742. The first-order valence-corrected chi connectivity index (χ1v) is 9.45. The molecule has 4 nitrogen and oxygen atoms in total. The summed E-state index contributed by atoms with van der Waals surface area (Å²) in [6, 6.07) is 13.9. The molecule has 0 saturated carbocycles. The van der Waals surface area contributed by atoms with E-state index >= 15 is 0 Å². The van der Waals surface area contributed by atoms with Crippen molar-refractivity contribution in [2.75, 3.05) is 37.7 Å². The predicted octanol–water partition coefficient (Wildman–Crippen LogP) is 3.94. The monoisotopic (exact) mass is 372 g/mol. The van der Waals surface area contributed by atoms with Gasteiger partial charge in [0, 0.05) is 36.9 Å². The van der Waals surface area contributed by atoms with Gasteiger partial charge in [0.15, 0.2) is 6.61 Å². The molecule has 0 aliphatic carbocycles. The van der Waals surface area contributed by atoms with Crippen molar-refractivity contribution in [2.24, 2.45) is 0 Å². The molecule has 0 N–H and O–H groups in total. The molecule has 3 rings (SSSR count). The highest BCUT2D eigenvalue weighted by Gasteiger charge is 2.22. The smallest absolute Gasteiger partial charge is 0.260 e. The summed E-state index contributed by atoms with van der Waals surface area (Å²) in [5.41, 5.74) is 3.61. The van der Waals surface area contributed by atoms with Crippen LogP contribution in [-0.4, -0.2) is 43.6 Å². The maximum Gasteiger partial charge on any atom is 0.260 e. The summed E-state index contributed by atoms with van der Waals surface area (Å²) in [5.74, 6) is 0.774. The van der Waals surface area contributed by atoms with Crippen molar-refractivity contribution >= 4 is 23.2 Å². The minimum absolute atomic E-state index is 0.0343. The molecule has 26 heavy (non-hydrogen) atoms. The van der Waals surface area contributed by atoms with Crippen LogP contribution in [0, 0.1) is 6.92 Å². The minimum Gasteiger partial charge on any atom is -0.484 e. The number of anilines is 1. The third-order valence-electron chi connectivity index (χ3n) is 4.84. The Balaban J connectivity index is 1.50. The van der Waals surface area contributed by atoms with Gasteiger partial charge in [-0.05, 0) is 48.7 Å². The topological polar surface area (TPSA) is 32.8 Å². The van der Waals surface area contributed by atoms with Gasteiger partial charge < -0.3 is 14.5 Å². The summed E-state index contributed by atoms with van der Waals surface area (Å²) in [7, 11) is 0. The van der Waals surface area contributed by atoms with E-state index in [1.807, 2.05) is 47.4 Å². The number of nitrogens with zero attached hydrogens (tertiary/aromatic N) is 2. The lowest BCUT2D eigenvalue weighted by Gasteiger charge is -2.36. The molecule has 0 radical (unpaired) electrons. The number of carbonyl (C=O) groups is 1. The Kier molecular flexibility index (Phi) is 6.04. The van der Waals surface area contributed by atoms with Gasteiger partial charge in [-0.1, -0.05) is 36.7 Å². The molecule has 0 unspecified atom stereocenters. The van der Waals surface area contributed by atoms with Crippen LogP contribution >= 0.6 is 11.6 Å². The van der Waals surface area contributed by atoms with Crippen molar-refractivity contribution in [3.63, 3.8) is 0 Å². The molecule has 0 bridgehead atoms. The molecule has 138 valence electrons. The summed E-state index contributed by atoms with van der Waals surface area (Å²) in [4.78, 5) is 16.6. The number of amides is 1. The van der Waals surface area contributed by atoms with E-state index in [0.717, 1.165) is 36.0 Å². The molecular formula is C21H25ClN2O2. The van der Waals surface area contributed by atoms with Crippen molar-refractivity contribution in [3.05, 3.63) is 58.6 Å². The second kappa shape index (κ2) is 8.45.